The van der Waals surface area contributed by atoms with Gasteiger partial charge >= 0.3 is 5.97 Å². The first-order chi connectivity index (χ1) is 5.37. The Hall–Kier alpha value is -0.210. The van der Waals surface area contributed by atoms with Crippen LogP contribution in [-0.4, -0.2) is 15.9 Å². The van der Waals surface area contributed by atoms with Crippen LogP contribution < -0.4 is 0 Å². The standard InChI is InChI=1S/C8H10Cl2O2/c1-8(2)4(3-5(9)10)6(8)7(11)12/h3,5-6H,1-2H3,(H,11,12). The average Bonchev–Trinajstić information content (AvgIpc) is 2.32. The second kappa shape index (κ2) is 2.93. The van der Waals surface area contributed by atoms with Gasteiger partial charge < -0.3 is 5.11 Å². The molecule has 0 aliphatic heterocycles. The highest BCUT2D eigenvalue weighted by Crippen LogP contribution is 2.58. The van der Waals surface area contributed by atoms with Gasteiger partial charge in [0.25, 0.3) is 0 Å². The van der Waals surface area contributed by atoms with E-state index in [-0.39, 0.29) is 5.41 Å². The predicted molar refractivity (Wildman–Crippen MR) is 48.5 cm³/mol. The van der Waals surface area contributed by atoms with Crippen molar-refractivity contribution in [1.82, 2.24) is 0 Å². The van der Waals surface area contributed by atoms with Crippen molar-refractivity contribution in [2.24, 2.45) is 11.3 Å². The molecule has 0 aromatic heterocycles. The van der Waals surface area contributed by atoms with Crippen LogP contribution in [0.4, 0.5) is 0 Å². The summed E-state index contributed by atoms with van der Waals surface area (Å²) in [6.45, 7) is 3.74. The molecule has 2 nitrogen and oxygen atoms in total. The number of hydrogen-bond acceptors (Lipinski definition) is 1. The van der Waals surface area contributed by atoms with Crippen LogP contribution in [0.2, 0.25) is 0 Å². The highest BCUT2D eigenvalue weighted by molar-refractivity contribution is 6.45. The molecule has 68 valence electrons. The number of carbonyl (C=O) groups is 1. The van der Waals surface area contributed by atoms with Gasteiger partial charge in [-0.15, -0.1) is 23.2 Å². The molecule has 0 aromatic carbocycles. The fraction of sp³-hybridized carbons (Fsp3) is 0.625. The quantitative estimate of drug-likeness (QED) is 0.560. The SMILES string of the molecule is CC1(C)C(=CC(Cl)Cl)C1C(=O)O. The van der Waals surface area contributed by atoms with Gasteiger partial charge in [0.15, 0.2) is 0 Å². The molecule has 0 amide bonds. The van der Waals surface area contributed by atoms with E-state index in [1.807, 2.05) is 13.8 Å². The van der Waals surface area contributed by atoms with E-state index >= 15 is 0 Å². The van der Waals surface area contributed by atoms with Crippen molar-refractivity contribution in [3.8, 4) is 0 Å². The lowest BCUT2D eigenvalue weighted by Crippen LogP contribution is -2.02. The van der Waals surface area contributed by atoms with E-state index in [2.05, 4.69) is 0 Å². The van der Waals surface area contributed by atoms with Gasteiger partial charge in [-0.2, -0.15) is 0 Å². The van der Waals surface area contributed by atoms with Gasteiger partial charge in [0, 0.05) is 5.41 Å². The molecule has 12 heavy (non-hydrogen) atoms. The zero-order valence-corrected chi connectivity index (χ0v) is 8.36. The second-order valence-corrected chi connectivity index (χ2v) is 4.61. The summed E-state index contributed by atoms with van der Waals surface area (Å²) in [7, 11) is 0. The maximum Gasteiger partial charge on any atom is 0.311 e. The van der Waals surface area contributed by atoms with Crippen molar-refractivity contribution in [2.75, 3.05) is 0 Å². The fourth-order valence-corrected chi connectivity index (χ4v) is 1.74. The molecule has 1 fully saturated rings. The minimum Gasteiger partial charge on any atom is -0.481 e. The minimum absolute atomic E-state index is 0.270. The molecule has 1 unspecified atom stereocenters. The maximum atomic E-state index is 10.6. The smallest absolute Gasteiger partial charge is 0.311 e. The van der Waals surface area contributed by atoms with Crippen molar-refractivity contribution in [2.45, 2.75) is 18.7 Å². The number of aliphatic carboxylic acids is 1. The van der Waals surface area contributed by atoms with Gasteiger partial charge in [0.1, 0.15) is 4.84 Å². The van der Waals surface area contributed by atoms with Gasteiger partial charge in [0.2, 0.25) is 0 Å². The van der Waals surface area contributed by atoms with Crippen LogP contribution in [-0.2, 0) is 4.79 Å². The number of alkyl halides is 2. The molecule has 0 spiro atoms. The van der Waals surface area contributed by atoms with Crippen LogP contribution in [0.1, 0.15) is 13.8 Å². The third-order valence-corrected chi connectivity index (χ3v) is 2.50. The molecule has 4 heteroatoms. The van der Waals surface area contributed by atoms with Crippen molar-refractivity contribution in [1.29, 1.82) is 0 Å². The average molecular weight is 209 g/mol. The number of allylic oxidation sites excluding steroid dienone is 1. The first-order valence-corrected chi connectivity index (χ1v) is 4.48. The Morgan fingerprint density at radius 2 is 2.17 bits per heavy atom. The Labute approximate surface area is 81.2 Å². The molecule has 0 radical (unpaired) electrons. The topological polar surface area (TPSA) is 37.3 Å². The molecule has 1 aliphatic rings. The lowest BCUT2D eigenvalue weighted by atomic mass is 10.1. The first-order valence-electron chi connectivity index (χ1n) is 3.60. The summed E-state index contributed by atoms with van der Waals surface area (Å²) in [4.78, 5) is 10.0. The molecular formula is C8H10Cl2O2. The number of hydrogen-bond donors (Lipinski definition) is 1. The van der Waals surface area contributed by atoms with E-state index in [9.17, 15) is 4.79 Å². The molecule has 0 aromatic rings. The van der Waals surface area contributed by atoms with Crippen LogP contribution in [0.3, 0.4) is 0 Å². The van der Waals surface area contributed by atoms with E-state index in [1.54, 1.807) is 6.08 Å². The Bertz CT molecular complexity index is 243. The second-order valence-electron chi connectivity index (χ2n) is 3.45. The van der Waals surface area contributed by atoms with Gasteiger partial charge in [-0.25, -0.2) is 0 Å². The molecule has 0 saturated heterocycles. The highest BCUT2D eigenvalue weighted by Gasteiger charge is 2.57. The van der Waals surface area contributed by atoms with Crippen molar-refractivity contribution >= 4 is 29.2 Å². The van der Waals surface area contributed by atoms with Crippen LogP contribution in [0.15, 0.2) is 11.6 Å². The van der Waals surface area contributed by atoms with Gasteiger partial charge in [-0.3, -0.25) is 4.79 Å². The molecule has 0 heterocycles. The van der Waals surface area contributed by atoms with Crippen LogP contribution in [0.25, 0.3) is 0 Å². The van der Waals surface area contributed by atoms with Crippen molar-refractivity contribution in [3.05, 3.63) is 11.6 Å². The molecular weight excluding hydrogens is 199 g/mol. The van der Waals surface area contributed by atoms with Crippen LogP contribution in [0.5, 0.6) is 0 Å². The first kappa shape index (κ1) is 9.87. The predicted octanol–water partition coefficient (Wildman–Crippen LogP) is 2.46. The molecule has 1 aliphatic carbocycles. The largest absolute Gasteiger partial charge is 0.481 e. The number of carboxylic acid groups (broad SMARTS) is 1. The Kier molecular flexibility index (Phi) is 2.41. The highest BCUT2D eigenvalue weighted by atomic mass is 35.5. The number of rotatable bonds is 2. The summed E-state index contributed by atoms with van der Waals surface area (Å²) >= 11 is 11.0. The summed E-state index contributed by atoms with van der Waals surface area (Å²) in [5, 5.41) is 8.75. The summed E-state index contributed by atoms with van der Waals surface area (Å²) in [5.74, 6) is -1.21. The minimum atomic E-state index is -0.805. The zero-order chi connectivity index (χ0) is 9.52. The third-order valence-electron chi connectivity index (χ3n) is 2.25. The normalized spacial score (nSPS) is 29.4. The summed E-state index contributed by atoms with van der Waals surface area (Å²) in [6.07, 6.45) is 1.60. The lowest BCUT2D eigenvalue weighted by molar-refractivity contribution is -0.139. The van der Waals surface area contributed by atoms with Gasteiger partial charge in [-0.05, 0) is 5.57 Å². The van der Waals surface area contributed by atoms with E-state index in [0.29, 0.717) is 0 Å². The molecule has 1 rings (SSSR count). The zero-order valence-electron chi connectivity index (χ0n) is 6.84. The van der Waals surface area contributed by atoms with Crippen LogP contribution in [0, 0.1) is 11.3 Å². The van der Waals surface area contributed by atoms with Crippen molar-refractivity contribution < 1.29 is 9.90 Å². The molecule has 1 atom stereocenters. The van der Waals surface area contributed by atoms with E-state index < -0.39 is 16.7 Å². The Morgan fingerprint density at radius 3 is 2.42 bits per heavy atom. The molecule has 1 N–H and O–H groups in total. The summed E-state index contributed by atoms with van der Waals surface area (Å²) < 4.78 is 0. The van der Waals surface area contributed by atoms with Gasteiger partial charge in [-0.1, -0.05) is 19.9 Å². The van der Waals surface area contributed by atoms with E-state index in [0.717, 1.165) is 5.57 Å². The molecule has 0 bridgehead atoms. The maximum absolute atomic E-state index is 10.6. The van der Waals surface area contributed by atoms with Crippen LogP contribution >= 0.6 is 23.2 Å². The van der Waals surface area contributed by atoms with Crippen molar-refractivity contribution in [3.63, 3.8) is 0 Å². The molecule has 1 saturated carbocycles. The van der Waals surface area contributed by atoms with E-state index in [4.69, 9.17) is 28.3 Å². The summed E-state index contributed by atoms with van der Waals surface area (Å²) in [5.41, 5.74) is 0.554. The third kappa shape index (κ3) is 1.59. The van der Waals surface area contributed by atoms with Gasteiger partial charge in [0.05, 0.1) is 5.92 Å². The Morgan fingerprint density at radius 1 is 1.67 bits per heavy atom. The fourth-order valence-electron chi connectivity index (χ4n) is 1.47. The summed E-state index contributed by atoms with van der Waals surface area (Å²) in [6, 6.07) is 0. The number of halogens is 2. The Balaban J connectivity index is 2.79. The van der Waals surface area contributed by atoms with E-state index in [1.165, 1.54) is 0 Å². The monoisotopic (exact) mass is 208 g/mol. The number of carboxylic acids is 1. The lowest BCUT2D eigenvalue weighted by Gasteiger charge is -1.94.